The largest absolute Gasteiger partial charge is 0.307 e. The second kappa shape index (κ2) is 11.0. The number of rotatable bonds is 4. The van der Waals surface area contributed by atoms with Crippen LogP contribution >= 0.6 is 11.3 Å². The quantitative estimate of drug-likeness (QED) is 0.187. The van der Waals surface area contributed by atoms with Crippen molar-refractivity contribution >= 4 is 75.3 Å². The van der Waals surface area contributed by atoms with E-state index < -0.39 is 0 Å². The molecule has 0 aliphatic rings. The van der Waals surface area contributed by atoms with E-state index in [1.807, 2.05) is 0 Å². The Morgan fingerprint density at radius 2 is 0.922 bits per heavy atom. The molecule has 0 aliphatic carbocycles. The monoisotopic (exact) mass is 668 g/mol. The van der Waals surface area contributed by atoms with Crippen molar-refractivity contribution in [2.45, 2.75) is 0 Å². The van der Waals surface area contributed by atoms with Gasteiger partial charge in [-0.25, -0.2) is 9.97 Å². The van der Waals surface area contributed by atoms with Gasteiger partial charge in [0.2, 0.25) is 0 Å². The molecule has 0 N–H and O–H groups in total. The van der Waals surface area contributed by atoms with E-state index in [0.717, 1.165) is 44.2 Å². The Bertz CT molecular complexity index is 3120. The molecule has 11 aromatic rings. The zero-order chi connectivity index (χ0) is 33.5. The first kappa shape index (κ1) is 28.3. The first-order valence-electron chi connectivity index (χ1n) is 17.2. The molecule has 4 aromatic heterocycles. The van der Waals surface area contributed by atoms with Crippen molar-refractivity contribution in [1.82, 2.24) is 19.1 Å². The summed E-state index contributed by atoms with van der Waals surface area (Å²) in [4.78, 5) is 11.4. The molecule has 0 fully saturated rings. The molecule has 0 bridgehead atoms. The summed E-state index contributed by atoms with van der Waals surface area (Å²) in [6.07, 6.45) is 0. The maximum Gasteiger partial charge on any atom is 0.161 e. The van der Waals surface area contributed by atoms with Gasteiger partial charge in [-0.2, -0.15) is 0 Å². The van der Waals surface area contributed by atoms with Crippen molar-refractivity contribution in [3.8, 4) is 34.0 Å². The third-order valence-electron chi connectivity index (χ3n) is 10.2. The predicted molar refractivity (Wildman–Crippen MR) is 214 cm³/mol. The normalized spacial score (nSPS) is 11.9. The van der Waals surface area contributed by atoms with E-state index in [1.165, 1.54) is 53.7 Å². The number of benzene rings is 7. The second-order valence-electron chi connectivity index (χ2n) is 13.0. The van der Waals surface area contributed by atoms with Gasteiger partial charge in [0.1, 0.15) is 4.83 Å². The smallest absolute Gasteiger partial charge is 0.161 e. The van der Waals surface area contributed by atoms with Crippen molar-refractivity contribution in [1.29, 1.82) is 0 Å². The van der Waals surface area contributed by atoms with Crippen LogP contribution < -0.4 is 0 Å². The topological polar surface area (TPSA) is 35.6 Å². The van der Waals surface area contributed by atoms with Crippen LogP contribution in [-0.2, 0) is 0 Å². The lowest BCUT2D eigenvalue weighted by Gasteiger charge is -2.13. The van der Waals surface area contributed by atoms with Gasteiger partial charge in [-0.05, 0) is 54.6 Å². The fourth-order valence-corrected chi connectivity index (χ4v) is 9.01. The Morgan fingerprint density at radius 3 is 1.57 bits per heavy atom. The zero-order valence-corrected chi connectivity index (χ0v) is 28.2. The summed E-state index contributed by atoms with van der Waals surface area (Å²) in [6, 6.07) is 60.6. The standard InChI is InChI=1S/C46H28N4S/c1-3-13-29(14-4-1)42-41-37-19-9-12-22-40(37)51-46(41)48-45(47-42)30-23-25-32(26-24-30)50-39-21-11-8-18-34(39)36-28-27-35-33-17-7-10-20-38(33)49(43(35)44(36)50)31-15-5-2-6-16-31/h1-28H. The van der Waals surface area contributed by atoms with Crippen molar-refractivity contribution in [2.75, 3.05) is 0 Å². The second-order valence-corrected chi connectivity index (χ2v) is 14.0. The van der Waals surface area contributed by atoms with Gasteiger partial charge in [0, 0.05) is 59.5 Å². The Morgan fingerprint density at radius 1 is 0.392 bits per heavy atom. The first-order chi connectivity index (χ1) is 25.3. The van der Waals surface area contributed by atoms with Crippen LogP contribution in [0, 0.1) is 0 Å². The molecule has 0 aliphatic heterocycles. The van der Waals surface area contributed by atoms with Crippen LogP contribution in [0.1, 0.15) is 0 Å². The molecule has 11 rings (SSSR count). The van der Waals surface area contributed by atoms with Crippen molar-refractivity contribution < 1.29 is 0 Å². The molecule has 0 radical (unpaired) electrons. The van der Waals surface area contributed by atoms with E-state index in [1.54, 1.807) is 11.3 Å². The minimum Gasteiger partial charge on any atom is -0.307 e. The third-order valence-corrected chi connectivity index (χ3v) is 11.2. The lowest BCUT2D eigenvalue weighted by molar-refractivity contribution is 1.15. The van der Waals surface area contributed by atoms with Gasteiger partial charge in [0.15, 0.2) is 5.82 Å². The van der Waals surface area contributed by atoms with Gasteiger partial charge in [0.05, 0.1) is 27.8 Å². The van der Waals surface area contributed by atoms with Crippen LogP contribution in [0.4, 0.5) is 0 Å². The van der Waals surface area contributed by atoms with E-state index >= 15 is 0 Å². The lowest BCUT2D eigenvalue weighted by atomic mass is 10.1. The van der Waals surface area contributed by atoms with Gasteiger partial charge in [-0.15, -0.1) is 11.3 Å². The number of hydrogen-bond acceptors (Lipinski definition) is 3. The average Bonchev–Trinajstić information content (AvgIpc) is 3.86. The summed E-state index contributed by atoms with van der Waals surface area (Å²) in [7, 11) is 0. The van der Waals surface area contributed by atoms with E-state index in [2.05, 4.69) is 179 Å². The number of nitrogens with zero attached hydrogens (tertiary/aromatic N) is 4. The number of fused-ring (bicyclic) bond motifs is 10. The molecular formula is C46H28N4S. The molecule has 0 saturated carbocycles. The molecular weight excluding hydrogens is 641 g/mol. The Balaban J connectivity index is 1.16. The first-order valence-corrected chi connectivity index (χ1v) is 18.0. The highest BCUT2D eigenvalue weighted by molar-refractivity contribution is 7.25. The number of aromatic nitrogens is 4. The van der Waals surface area contributed by atoms with E-state index in [9.17, 15) is 0 Å². The van der Waals surface area contributed by atoms with Gasteiger partial charge in [0.25, 0.3) is 0 Å². The fraction of sp³-hybridized carbons (Fsp3) is 0. The van der Waals surface area contributed by atoms with Crippen molar-refractivity contribution in [3.63, 3.8) is 0 Å². The van der Waals surface area contributed by atoms with Gasteiger partial charge < -0.3 is 9.13 Å². The third kappa shape index (κ3) is 4.19. The molecule has 238 valence electrons. The van der Waals surface area contributed by atoms with Gasteiger partial charge in [-0.3, -0.25) is 0 Å². The van der Waals surface area contributed by atoms with Crippen LogP contribution in [0.3, 0.4) is 0 Å². The average molecular weight is 669 g/mol. The van der Waals surface area contributed by atoms with Gasteiger partial charge >= 0.3 is 0 Å². The maximum absolute atomic E-state index is 5.25. The number of thiophene rings is 1. The molecule has 0 amide bonds. The van der Waals surface area contributed by atoms with Crippen LogP contribution in [0.25, 0.3) is 97.9 Å². The molecule has 0 spiro atoms. The van der Waals surface area contributed by atoms with Crippen molar-refractivity contribution in [2.24, 2.45) is 0 Å². The summed E-state index contributed by atoms with van der Waals surface area (Å²) in [5, 5.41) is 7.26. The Kier molecular flexibility index (Phi) is 6.09. The summed E-state index contributed by atoms with van der Waals surface area (Å²) in [5.41, 5.74) is 10.0. The zero-order valence-electron chi connectivity index (χ0n) is 27.4. The van der Waals surface area contributed by atoms with Crippen LogP contribution in [0.15, 0.2) is 170 Å². The highest BCUT2D eigenvalue weighted by Crippen LogP contribution is 2.43. The maximum atomic E-state index is 5.25. The van der Waals surface area contributed by atoms with E-state index in [4.69, 9.17) is 9.97 Å². The molecule has 0 saturated heterocycles. The highest BCUT2D eigenvalue weighted by Gasteiger charge is 2.22. The Hall–Kier alpha value is -6.56. The molecule has 5 heteroatoms. The van der Waals surface area contributed by atoms with E-state index in [0.29, 0.717) is 0 Å². The molecule has 4 heterocycles. The summed E-state index contributed by atoms with van der Waals surface area (Å²) in [5.74, 6) is 0.730. The number of para-hydroxylation sites is 3. The highest BCUT2D eigenvalue weighted by atomic mass is 32.1. The molecule has 51 heavy (non-hydrogen) atoms. The van der Waals surface area contributed by atoms with Gasteiger partial charge in [-0.1, -0.05) is 115 Å². The summed E-state index contributed by atoms with van der Waals surface area (Å²) in [6.45, 7) is 0. The minimum absolute atomic E-state index is 0.730. The van der Waals surface area contributed by atoms with E-state index in [-0.39, 0.29) is 0 Å². The predicted octanol–water partition coefficient (Wildman–Crippen LogP) is 12.4. The molecule has 7 aromatic carbocycles. The molecule has 0 unspecified atom stereocenters. The minimum atomic E-state index is 0.730. The molecule has 0 atom stereocenters. The SMILES string of the molecule is c1ccc(-c2nc(-c3ccc(-n4c5ccccc5c5ccc6c7ccccc7n(-c7ccccc7)c6c54)cc3)nc3sc4ccccc4c23)cc1. The van der Waals surface area contributed by atoms with Crippen LogP contribution in [0.5, 0.6) is 0 Å². The lowest BCUT2D eigenvalue weighted by Crippen LogP contribution is -1.99. The summed E-state index contributed by atoms with van der Waals surface area (Å²) < 4.78 is 6.08. The van der Waals surface area contributed by atoms with Crippen molar-refractivity contribution in [3.05, 3.63) is 170 Å². The van der Waals surface area contributed by atoms with Crippen LogP contribution in [0.2, 0.25) is 0 Å². The number of hydrogen-bond donors (Lipinski definition) is 0. The molecule has 4 nitrogen and oxygen atoms in total. The van der Waals surface area contributed by atoms with Crippen LogP contribution in [-0.4, -0.2) is 19.1 Å². The fourth-order valence-electron chi connectivity index (χ4n) is 7.93. The Labute approximate surface area is 297 Å². The summed E-state index contributed by atoms with van der Waals surface area (Å²) >= 11 is 1.73.